The van der Waals surface area contributed by atoms with Crippen LogP contribution < -0.4 is 24.6 Å². The van der Waals surface area contributed by atoms with E-state index < -0.39 is 41.1 Å². The summed E-state index contributed by atoms with van der Waals surface area (Å²) in [6.45, 7) is 3.80. The summed E-state index contributed by atoms with van der Waals surface area (Å²) in [4.78, 5) is 57.8. The van der Waals surface area contributed by atoms with Gasteiger partial charge >= 0.3 is 11.0 Å². The van der Waals surface area contributed by atoms with Crippen LogP contribution in [0.2, 0.25) is 0 Å². The van der Waals surface area contributed by atoms with Crippen molar-refractivity contribution < 1.29 is 37.0 Å². The lowest BCUT2D eigenvalue weighted by Crippen LogP contribution is -2.42. The van der Waals surface area contributed by atoms with Gasteiger partial charge < -0.3 is 19.8 Å². The Labute approximate surface area is 298 Å². The third-order valence-corrected chi connectivity index (χ3v) is 13.0. The van der Waals surface area contributed by atoms with Gasteiger partial charge in [0.1, 0.15) is 0 Å². The highest BCUT2D eigenvalue weighted by Crippen LogP contribution is 2.69. The minimum Gasteiger partial charge on any atom is -0.490 e. The van der Waals surface area contributed by atoms with Gasteiger partial charge in [-0.15, -0.1) is 11.8 Å². The van der Waals surface area contributed by atoms with E-state index in [1.165, 1.54) is 30.0 Å². The Bertz CT molecular complexity index is 2130. The monoisotopic (exact) mass is 735 g/mol. The number of imide groups is 1. The average Bonchev–Trinajstić information content (AvgIpc) is 3.82. The van der Waals surface area contributed by atoms with Crippen molar-refractivity contribution in [1.29, 1.82) is 0 Å². The number of halogens is 3. The first kappa shape index (κ1) is 33.6. The lowest BCUT2D eigenvalue weighted by Gasteiger charge is -2.43. The molecule has 9 nitrogen and oxygen atoms in total. The highest BCUT2D eigenvalue weighted by atomic mass is 32.2. The topological polar surface area (TPSA) is 118 Å². The third-order valence-electron chi connectivity index (χ3n) is 10.5. The fraction of sp³-hybridized carbons (Fsp3) is 0.351. The van der Waals surface area contributed by atoms with Crippen molar-refractivity contribution in [2.75, 3.05) is 23.4 Å². The smallest absolute Gasteiger partial charge is 0.418 e. The zero-order valence-corrected chi connectivity index (χ0v) is 29.0. The van der Waals surface area contributed by atoms with E-state index in [2.05, 4.69) is 10.3 Å². The second-order valence-corrected chi connectivity index (χ2v) is 15.5. The van der Waals surface area contributed by atoms with Crippen molar-refractivity contribution in [1.82, 2.24) is 4.98 Å². The van der Waals surface area contributed by atoms with Crippen LogP contribution in [0.25, 0.3) is 0 Å². The number of benzene rings is 3. The van der Waals surface area contributed by atoms with Crippen LogP contribution >= 0.6 is 23.1 Å². The SMILES string of the molecule is CCOc1cc([C@H]2c3sc(=O)[nH]c3SC3C4CC(C5C(=O)N(c6ccccc6C(F)(F)F)C(=O)C45)C32)ccc1OCC(=O)Nc1cccc(C)c1. The Hall–Kier alpha value is -4.56. The molecular formula is C37H32F3N3O6S2. The number of aromatic amines is 1. The molecule has 1 saturated heterocycles. The van der Waals surface area contributed by atoms with E-state index in [0.717, 1.165) is 38.3 Å². The molecule has 0 spiro atoms. The van der Waals surface area contributed by atoms with Gasteiger partial charge in [-0.1, -0.05) is 41.7 Å². The molecule has 1 aromatic heterocycles. The zero-order chi connectivity index (χ0) is 35.8. The molecule has 4 aromatic rings. The summed E-state index contributed by atoms with van der Waals surface area (Å²) in [5, 5.41) is 3.36. The first-order valence-electron chi connectivity index (χ1n) is 16.6. The molecule has 3 heterocycles. The maximum absolute atomic E-state index is 14.1. The van der Waals surface area contributed by atoms with Gasteiger partial charge in [-0.3, -0.25) is 19.2 Å². The molecule has 2 saturated carbocycles. The van der Waals surface area contributed by atoms with Crippen LogP contribution in [-0.4, -0.2) is 41.2 Å². The average molecular weight is 736 g/mol. The number of ether oxygens (including phenoxy) is 2. The van der Waals surface area contributed by atoms with Gasteiger partial charge in [-0.25, -0.2) is 4.90 Å². The summed E-state index contributed by atoms with van der Waals surface area (Å²) in [7, 11) is 0. The quantitative estimate of drug-likeness (QED) is 0.190. The molecule has 14 heteroatoms. The molecule has 3 aromatic carbocycles. The first-order valence-corrected chi connectivity index (χ1v) is 18.3. The predicted molar refractivity (Wildman–Crippen MR) is 185 cm³/mol. The highest BCUT2D eigenvalue weighted by molar-refractivity contribution is 8.00. The number of amides is 3. The molecular weight excluding hydrogens is 704 g/mol. The summed E-state index contributed by atoms with van der Waals surface area (Å²) in [5.74, 6) is -3.42. The van der Waals surface area contributed by atoms with E-state index in [1.54, 1.807) is 12.1 Å². The van der Waals surface area contributed by atoms with Crippen molar-refractivity contribution in [2.24, 2.45) is 29.6 Å². The number of aryl methyl sites for hydroxylation is 1. The molecule has 2 aliphatic carbocycles. The molecule has 264 valence electrons. The van der Waals surface area contributed by atoms with Crippen LogP contribution in [0, 0.1) is 36.5 Å². The Kier molecular flexibility index (Phi) is 8.29. The van der Waals surface area contributed by atoms with Crippen molar-refractivity contribution in [2.45, 2.75) is 42.6 Å². The number of thiazole rings is 1. The van der Waals surface area contributed by atoms with Gasteiger partial charge in [0.15, 0.2) is 18.1 Å². The Morgan fingerprint density at radius 2 is 1.73 bits per heavy atom. The minimum atomic E-state index is -4.75. The molecule has 0 radical (unpaired) electrons. The van der Waals surface area contributed by atoms with Crippen LogP contribution in [0.3, 0.4) is 0 Å². The predicted octanol–water partition coefficient (Wildman–Crippen LogP) is 6.86. The molecule has 8 rings (SSSR count). The minimum absolute atomic E-state index is 0.162. The number of nitrogens with one attached hydrogen (secondary N) is 2. The molecule has 2 bridgehead atoms. The number of rotatable bonds is 8. The van der Waals surface area contributed by atoms with Crippen molar-refractivity contribution in [3.8, 4) is 11.5 Å². The fourth-order valence-corrected chi connectivity index (χ4v) is 11.6. The van der Waals surface area contributed by atoms with Gasteiger partial charge in [-0.05, 0) is 85.5 Å². The number of thioether (sulfide) groups is 1. The maximum Gasteiger partial charge on any atom is 0.418 e. The van der Waals surface area contributed by atoms with E-state index in [4.69, 9.17) is 9.47 Å². The lowest BCUT2D eigenvalue weighted by atomic mass is 9.68. The second kappa shape index (κ2) is 12.6. The van der Waals surface area contributed by atoms with E-state index in [-0.39, 0.29) is 46.3 Å². The van der Waals surface area contributed by atoms with Crippen LogP contribution in [0.15, 0.2) is 76.6 Å². The number of alkyl halides is 3. The number of H-pyrrole nitrogens is 1. The van der Waals surface area contributed by atoms with Gasteiger partial charge in [-0.2, -0.15) is 13.2 Å². The van der Waals surface area contributed by atoms with Gasteiger partial charge in [0.25, 0.3) is 5.91 Å². The number of hydrogen-bond acceptors (Lipinski definition) is 8. The summed E-state index contributed by atoms with van der Waals surface area (Å²) in [6, 6.07) is 17.5. The van der Waals surface area contributed by atoms with E-state index >= 15 is 0 Å². The summed E-state index contributed by atoms with van der Waals surface area (Å²) in [5.41, 5.74) is 0.997. The number of anilines is 2. The number of nitrogens with zero attached hydrogens (tertiary/aromatic N) is 1. The number of carbonyl (C=O) groups is 3. The summed E-state index contributed by atoms with van der Waals surface area (Å²) < 4.78 is 54.0. The van der Waals surface area contributed by atoms with Gasteiger partial charge in [0.05, 0.1) is 34.7 Å². The number of fused-ring (bicyclic) bond motifs is 9. The Balaban J connectivity index is 1.11. The zero-order valence-electron chi connectivity index (χ0n) is 27.4. The molecule has 3 amide bonds. The second-order valence-electron chi connectivity index (χ2n) is 13.3. The molecule has 6 unspecified atom stereocenters. The fourth-order valence-electron chi connectivity index (χ4n) is 8.70. The standard InChI is InChI=1S/C37H32F3N3O6S2/c1-3-48-25-14-18(11-12-24(25)49-16-26(44)41-19-8-6-7-17(2)13-19)27-28-20-15-21(31(28)50-33-32(27)51-36(47)42-33)30-29(20)34(45)43(35(30)46)23-10-5-4-9-22(23)37(38,39)40/h4-14,20-21,27-31H,3,15-16H2,1-2H3,(H,41,44)(H,42,47)/t20?,21?,27-,28?,29?,30?,31?/m1/s1. The van der Waals surface area contributed by atoms with E-state index in [0.29, 0.717) is 35.2 Å². The number of para-hydroxylation sites is 1. The molecule has 2 aliphatic heterocycles. The Morgan fingerprint density at radius 1 is 0.961 bits per heavy atom. The van der Waals surface area contributed by atoms with E-state index in [1.807, 2.05) is 44.2 Å². The molecule has 3 fully saturated rings. The molecule has 51 heavy (non-hydrogen) atoms. The lowest BCUT2D eigenvalue weighted by molar-refractivity contribution is -0.137. The van der Waals surface area contributed by atoms with Gasteiger partial charge in [0.2, 0.25) is 11.8 Å². The van der Waals surface area contributed by atoms with Gasteiger partial charge in [0, 0.05) is 21.7 Å². The molecule has 4 aliphatic rings. The third kappa shape index (κ3) is 5.63. The van der Waals surface area contributed by atoms with Crippen LogP contribution in [-0.2, 0) is 20.6 Å². The normalized spacial score (nSPS) is 26.1. The maximum atomic E-state index is 14.1. The number of hydrogen-bond donors (Lipinski definition) is 2. The highest BCUT2D eigenvalue weighted by Gasteiger charge is 2.70. The van der Waals surface area contributed by atoms with Crippen LogP contribution in [0.5, 0.6) is 11.5 Å². The number of carbonyl (C=O) groups excluding carboxylic acids is 3. The van der Waals surface area contributed by atoms with Crippen molar-refractivity contribution >= 4 is 52.2 Å². The molecule has 7 atom stereocenters. The largest absolute Gasteiger partial charge is 0.490 e. The van der Waals surface area contributed by atoms with Crippen molar-refractivity contribution in [3.05, 3.63) is 98.0 Å². The van der Waals surface area contributed by atoms with Crippen molar-refractivity contribution in [3.63, 3.8) is 0 Å². The first-order chi connectivity index (χ1) is 24.4. The van der Waals surface area contributed by atoms with E-state index in [9.17, 15) is 32.3 Å². The van der Waals surface area contributed by atoms with Crippen LogP contribution in [0.4, 0.5) is 24.5 Å². The Morgan fingerprint density at radius 3 is 2.47 bits per heavy atom. The summed E-state index contributed by atoms with van der Waals surface area (Å²) >= 11 is 2.58. The van der Waals surface area contributed by atoms with Crippen LogP contribution in [0.1, 0.15) is 40.8 Å². The molecule has 2 N–H and O–H groups in total. The summed E-state index contributed by atoms with van der Waals surface area (Å²) in [6.07, 6.45) is -4.17. The number of aromatic nitrogens is 1.